The van der Waals surface area contributed by atoms with Crippen molar-refractivity contribution in [3.05, 3.63) is 125 Å². The van der Waals surface area contributed by atoms with Crippen molar-refractivity contribution in [2.24, 2.45) is 0 Å². The van der Waals surface area contributed by atoms with Crippen LogP contribution in [0.15, 0.2) is 97.3 Å². The number of alkyl halides is 3. The number of anilines is 4. The van der Waals surface area contributed by atoms with Gasteiger partial charge < -0.3 is 36.1 Å². The van der Waals surface area contributed by atoms with Crippen LogP contribution in [-0.2, 0) is 31.1 Å². The molecule has 2 heterocycles. The number of ether oxygens (including phenoxy) is 2. The summed E-state index contributed by atoms with van der Waals surface area (Å²) < 4.78 is 48.6. The predicted octanol–water partition coefficient (Wildman–Crippen LogP) is 5.71. The molecule has 0 radical (unpaired) electrons. The van der Waals surface area contributed by atoms with Gasteiger partial charge in [-0.15, -0.1) is 0 Å². The zero-order valence-corrected chi connectivity index (χ0v) is 32.1. The normalized spacial score (nSPS) is 13.3. The van der Waals surface area contributed by atoms with Crippen LogP contribution in [0.2, 0.25) is 5.02 Å². The Morgan fingerprint density at radius 2 is 1.46 bits per heavy atom. The van der Waals surface area contributed by atoms with E-state index in [0.29, 0.717) is 35.7 Å². The number of esters is 1. The first-order valence-electron chi connectivity index (χ1n) is 18.1. The molecule has 1 aliphatic rings. The lowest BCUT2D eigenvalue weighted by atomic mass is 10.1. The molecule has 0 saturated heterocycles. The Kier molecular flexibility index (Phi) is 13.2. The van der Waals surface area contributed by atoms with E-state index in [9.17, 15) is 32.3 Å². The molecule has 306 valence electrons. The van der Waals surface area contributed by atoms with Gasteiger partial charge in [0.15, 0.2) is 6.61 Å². The van der Waals surface area contributed by atoms with Gasteiger partial charge in [0.2, 0.25) is 11.9 Å². The van der Waals surface area contributed by atoms with Gasteiger partial charge in [-0.05, 0) is 103 Å². The van der Waals surface area contributed by atoms with Gasteiger partial charge in [0.1, 0.15) is 6.04 Å². The van der Waals surface area contributed by atoms with Crippen LogP contribution in [-0.4, -0.2) is 76.1 Å². The second-order valence-electron chi connectivity index (χ2n) is 13.4. The van der Waals surface area contributed by atoms with Crippen molar-refractivity contribution in [3.63, 3.8) is 0 Å². The van der Waals surface area contributed by atoms with Gasteiger partial charge in [-0.3, -0.25) is 19.4 Å². The van der Waals surface area contributed by atoms with Crippen LogP contribution >= 0.6 is 11.6 Å². The van der Waals surface area contributed by atoms with E-state index < -0.39 is 54.1 Å². The monoisotopic (exact) mass is 831 g/mol. The molecule has 0 unspecified atom stereocenters. The molecule has 6 rings (SSSR count). The number of amides is 3. The number of methoxy groups -OCH3 is 1. The topological polar surface area (TPSA) is 198 Å². The maximum absolute atomic E-state index is 13.1. The molecule has 1 saturated carbocycles. The van der Waals surface area contributed by atoms with E-state index in [4.69, 9.17) is 21.1 Å². The van der Waals surface area contributed by atoms with Gasteiger partial charge in [-0.2, -0.15) is 28.1 Å². The van der Waals surface area contributed by atoms with Crippen LogP contribution in [0, 0.1) is 0 Å². The average molecular weight is 832 g/mol. The molecule has 2 aromatic heterocycles. The number of nitrogens with one attached hydrogen (secondary N) is 5. The first-order chi connectivity index (χ1) is 28.3. The van der Waals surface area contributed by atoms with Crippen molar-refractivity contribution in [1.82, 2.24) is 30.6 Å². The molecule has 3 aromatic carbocycles. The Bertz CT molecular complexity index is 2260. The van der Waals surface area contributed by atoms with Gasteiger partial charge in [0.05, 0.1) is 12.6 Å². The summed E-state index contributed by atoms with van der Waals surface area (Å²) in [6, 6.07) is 22.0. The smallest absolute Gasteiger partial charge is 0.422 e. The number of aromatic nitrogens is 4. The molecule has 0 aliphatic heterocycles. The third-order valence-corrected chi connectivity index (χ3v) is 9.22. The lowest BCUT2D eigenvalue weighted by Crippen LogP contribution is -2.44. The fourth-order valence-electron chi connectivity index (χ4n) is 5.78. The van der Waals surface area contributed by atoms with Gasteiger partial charge >= 0.3 is 30.0 Å². The van der Waals surface area contributed by atoms with Crippen molar-refractivity contribution in [3.8, 4) is 6.01 Å². The molecule has 15 nitrogen and oxygen atoms in total. The highest BCUT2D eigenvalue weighted by Gasteiger charge is 2.45. The second-order valence-corrected chi connectivity index (χ2v) is 13.8. The second kappa shape index (κ2) is 18.6. The fourth-order valence-corrected chi connectivity index (χ4v) is 5.91. The Hall–Kier alpha value is -6.82. The lowest BCUT2D eigenvalue weighted by Gasteiger charge is -2.19. The van der Waals surface area contributed by atoms with Crippen molar-refractivity contribution in [2.75, 3.05) is 36.2 Å². The summed E-state index contributed by atoms with van der Waals surface area (Å²) in [6.07, 6.45) is 0.748. The number of benzene rings is 3. The van der Waals surface area contributed by atoms with E-state index in [1.54, 1.807) is 36.7 Å². The van der Waals surface area contributed by atoms with Crippen LogP contribution in [0.1, 0.15) is 46.3 Å². The maximum atomic E-state index is 13.1. The van der Waals surface area contributed by atoms with E-state index in [1.807, 2.05) is 36.4 Å². The number of rotatable bonds is 16. The number of nitrogens with zero attached hydrogens (tertiary/aromatic N) is 4. The quantitative estimate of drug-likeness (QED) is 0.0601. The highest BCUT2D eigenvalue weighted by atomic mass is 35.5. The highest BCUT2D eigenvalue weighted by Crippen LogP contribution is 2.48. The molecule has 1 atom stereocenters. The molecular formula is C40H37ClF3N9O6. The van der Waals surface area contributed by atoms with E-state index in [0.717, 1.165) is 23.8 Å². The molecule has 0 bridgehead atoms. The molecule has 1 fully saturated rings. The summed E-state index contributed by atoms with van der Waals surface area (Å²) in [5.74, 6) is -3.48. The number of hydrogen-bond donors (Lipinski definition) is 5. The summed E-state index contributed by atoms with van der Waals surface area (Å²) in [4.78, 5) is 67.1. The Morgan fingerprint density at radius 1 is 0.814 bits per heavy atom. The minimum absolute atomic E-state index is 0.0309. The zero-order chi connectivity index (χ0) is 42.0. The third kappa shape index (κ3) is 12.1. The first-order valence-corrected chi connectivity index (χ1v) is 18.5. The summed E-state index contributed by atoms with van der Waals surface area (Å²) in [5, 5.41) is 14.1. The molecule has 3 amide bonds. The van der Waals surface area contributed by atoms with Crippen molar-refractivity contribution in [1.29, 1.82) is 0 Å². The van der Waals surface area contributed by atoms with Crippen molar-refractivity contribution < 1.29 is 41.8 Å². The Labute approximate surface area is 340 Å². The summed E-state index contributed by atoms with van der Waals surface area (Å²) in [5.41, 5.74) is 3.29. The standard InChI is InChI=1S/C40H37ClF3N9O6/c1-58-35(57)31(16-21-46-33(55)34(56)47-29-10-2-24(3-11-29)22-25-14-19-45-20-15-25)49-32(54)26-4-12-30(13-5-26)48-36-50-37(52-38(51-36)59-23-40(42,43)44)53-39(17-18-39)27-6-8-28(41)9-7-27/h2-15,19-20,31H,16-18,21-23H2,1H3,(H,46,55)(H,47,56)(H,49,54)(H2,48,50,51,52,53)/t31-/m0/s1. The number of carbonyl (C=O) groups is 4. The van der Waals surface area contributed by atoms with E-state index in [1.165, 1.54) is 24.3 Å². The van der Waals surface area contributed by atoms with Crippen LogP contribution in [0.5, 0.6) is 6.01 Å². The zero-order valence-electron chi connectivity index (χ0n) is 31.3. The van der Waals surface area contributed by atoms with E-state index >= 15 is 0 Å². The Balaban J connectivity index is 1.03. The predicted molar refractivity (Wildman–Crippen MR) is 210 cm³/mol. The summed E-state index contributed by atoms with van der Waals surface area (Å²) in [6.45, 7) is -1.78. The summed E-state index contributed by atoms with van der Waals surface area (Å²) in [7, 11) is 1.14. The highest BCUT2D eigenvalue weighted by molar-refractivity contribution is 6.39. The van der Waals surface area contributed by atoms with Gasteiger partial charge in [-0.25, -0.2) is 4.79 Å². The van der Waals surface area contributed by atoms with E-state index in [2.05, 4.69) is 46.5 Å². The lowest BCUT2D eigenvalue weighted by molar-refractivity contribution is -0.154. The number of hydrogen-bond acceptors (Lipinski definition) is 12. The maximum Gasteiger partial charge on any atom is 0.422 e. The Morgan fingerprint density at radius 3 is 2.10 bits per heavy atom. The summed E-state index contributed by atoms with van der Waals surface area (Å²) >= 11 is 6.04. The molecule has 59 heavy (non-hydrogen) atoms. The van der Waals surface area contributed by atoms with Gasteiger partial charge in [0.25, 0.3) is 5.91 Å². The first kappa shape index (κ1) is 41.8. The van der Waals surface area contributed by atoms with Crippen LogP contribution < -0.4 is 31.3 Å². The molecule has 5 N–H and O–H groups in total. The largest absolute Gasteiger partial charge is 0.467 e. The molecular weight excluding hydrogens is 795 g/mol. The van der Waals surface area contributed by atoms with Crippen LogP contribution in [0.3, 0.4) is 0 Å². The third-order valence-electron chi connectivity index (χ3n) is 8.97. The van der Waals surface area contributed by atoms with Crippen molar-refractivity contribution in [2.45, 2.75) is 43.4 Å². The molecule has 1 aliphatic carbocycles. The molecule has 0 spiro atoms. The minimum atomic E-state index is -4.64. The van der Waals surface area contributed by atoms with Crippen LogP contribution in [0.4, 0.5) is 36.4 Å². The van der Waals surface area contributed by atoms with Crippen molar-refractivity contribution >= 4 is 58.6 Å². The number of halogens is 4. The molecule has 19 heteroatoms. The van der Waals surface area contributed by atoms with Crippen LogP contribution in [0.25, 0.3) is 0 Å². The number of carbonyl (C=O) groups excluding carboxylic acids is 4. The van der Waals surface area contributed by atoms with Gasteiger partial charge in [-0.1, -0.05) is 35.9 Å². The minimum Gasteiger partial charge on any atom is -0.467 e. The average Bonchev–Trinajstić information content (AvgIpc) is 4.00. The number of pyridine rings is 1. The van der Waals surface area contributed by atoms with E-state index in [-0.39, 0.29) is 30.4 Å². The fraction of sp³-hybridized carbons (Fsp3) is 0.250. The SMILES string of the molecule is COC(=O)[C@H](CCNC(=O)C(=O)Nc1ccc(Cc2ccncc2)cc1)NC(=O)c1ccc(Nc2nc(NC3(c4ccc(Cl)cc4)CC3)nc(OCC(F)(F)F)n2)cc1. The molecule has 5 aromatic rings. The van der Waals surface area contributed by atoms with Gasteiger partial charge in [0, 0.05) is 40.9 Å².